The summed E-state index contributed by atoms with van der Waals surface area (Å²) in [4.78, 5) is 35.6. The maximum Gasteiger partial charge on any atom is 0.274 e. The molecule has 188 valence electrons. The predicted molar refractivity (Wildman–Crippen MR) is 136 cm³/mol. The number of nitrogens with zero attached hydrogens (tertiary/aromatic N) is 6. The van der Waals surface area contributed by atoms with Crippen molar-refractivity contribution in [2.45, 2.75) is 58.2 Å². The van der Waals surface area contributed by atoms with Crippen molar-refractivity contribution >= 4 is 17.5 Å². The second-order valence-electron chi connectivity index (χ2n) is 10.1. The number of hydrogen-bond donors (Lipinski definition) is 0. The number of anilines is 1. The molecule has 8 nitrogen and oxygen atoms in total. The number of piperazine rings is 1. The van der Waals surface area contributed by atoms with E-state index in [1.807, 2.05) is 20.5 Å². The standard InChI is InChI=1S/C27H38N6O2/c1-3-33-23-13-15-32(26(34)24-12-8-5-9-14-29(24)2)20-22(23)25(28-33)27(35)31-18-16-30(17-19-31)21-10-6-4-7-11-21/h4,6-7,10-11,24H,3,5,8-9,12-20H2,1-2H3. The van der Waals surface area contributed by atoms with E-state index in [0.29, 0.717) is 31.9 Å². The molecule has 0 radical (unpaired) electrons. The molecule has 0 aliphatic carbocycles. The summed E-state index contributed by atoms with van der Waals surface area (Å²) in [7, 11) is 2.07. The Hall–Kier alpha value is -2.87. The monoisotopic (exact) mass is 478 g/mol. The van der Waals surface area contributed by atoms with Crippen molar-refractivity contribution in [1.82, 2.24) is 24.5 Å². The second kappa shape index (κ2) is 10.4. The molecule has 2 aromatic rings. The average molecular weight is 479 g/mol. The predicted octanol–water partition coefficient (Wildman–Crippen LogP) is 2.62. The largest absolute Gasteiger partial charge is 0.368 e. The molecule has 0 N–H and O–H groups in total. The minimum atomic E-state index is -0.0505. The van der Waals surface area contributed by atoms with Gasteiger partial charge < -0.3 is 14.7 Å². The van der Waals surface area contributed by atoms with Crippen LogP contribution in [-0.4, -0.2) is 88.7 Å². The fourth-order valence-corrected chi connectivity index (χ4v) is 5.84. The number of aromatic nitrogens is 2. The van der Waals surface area contributed by atoms with E-state index in [4.69, 9.17) is 5.10 Å². The van der Waals surface area contributed by atoms with E-state index in [1.54, 1.807) is 0 Å². The lowest BCUT2D eigenvalue weighted by Crippen LogP contribution is -2.50. The van der Waals surface area contributed by atoms with Gasteiger partial charge in [0.2, 0.25) is 5.91 Å². The number of hydrogen-bond acceptors (Lipinski definition) is 5. The van der Waals surface area contributed by atoms with E-state index in [2.05, 4.69) is 48.0 Å². The highest BCUT2D eigenvalue weighted by Crippen LogP contribution is 2.27. The van der Waals surface area contributed by atoms with Gasteiger partial charge in [0.15, 0.2) is 5.69 Å². The number of likely N-dealkylation sites (tertiary alicyclic amines) is 1. The van der Waals surface area contributed by atoms with Gasteiger partial charge in [-0.15, -0.1) is 0 Å². The number of rotatable bonds is 4. The van der Waals surface area contributed by atoms with Gasteiger partial charge in [-0.1, -0.05) is 31.0 Å². The van der Waals surface area contributed by atoms with Crippen molar-refractivity contribution < 1.29 is 9.59 Å². The lowest BCUT2D eigenvalue weighted by Gasteiger charge is -2.36. The first-order valence-corrected chi connectivity index (χ1v) is 13.2. The maximum atomic E-state index is 13.6. The molecule has 2 amide bonds. The van der Waals surface area contributed by atoms with Gasteiger partial charge in [0.05, 0.1) is 6.04 Å². The number of likely N-dealkylation sites (N-methyl/N-ethyl adjacent to an activating group) is 1. The molecule has 1 aromatic heterocycles. The fraction of sp³-hybridized carbons (Fsp3) is 0.593. The summed E-state index contributed by atoms with van der Waals surface area (Å²) in [5.41, 5.74) is 3.82. The molecule has 3 aliphatic heterocycles. The summed E-state index contributed by atoms with van der Waals surface area (Å²) in [5, 5.41) is 4.76. The zero-order valence-electron chi connectivity index (χ0n) is 21.2. The van der Waals surface area contributed by atoms with Gasteiger partial charge >= 0.3 is 0 Å². The van der Waals surface area contributed by atoms with Crippen LogP contribution in [0.2, 0.25) is 0 Å². The number of amides is 2. The van der Waals surface area contributed by atoms with Crippen LogP contribution in [0.3, 0.4) is 0 Å². The minimum absolute atomic E-state index is 0.00189. The number of carbonyl (C=O) groups excluding carboxylic acids is 2. The SMILES string of the molecule is CCn1nc(C(=O)N2CCN(c3ccccc3)CC2)c2c1CCN(C(=O)C1CCCCCN1C)C2. The molecule has 3 aliphatic rings. The zero-order valence-corrected chi connectivity index (χ0v) is 21.2. The highest BCUT2D eigenvalue weighted by Gasteiger charge is 2.35. The highest BCUT2D eigenvalue weighted by molar-refractivity contribution is 5.94. The van der Waals surface area contributed by atoms with Crippen molar-refractivity contribution in [2.24, 2.45) is 0 Å². The Bertz CT molecular complexity index is 1040. The molecule has 2 fully saturated rings. The molecule has 2 saturated heterocycles. The minimum Gasteiger partial charge on any atom is -0.368 e. The first-order chi connectivity index (χ1) is 17.1. The van der Waals surface area contributed by atoms with E-state index in [-0.39, 0.29) is 17.9 Å². The summed E-state index contributed by atoms with van der Waals surface area (Å²) in [6, 6.07) is 10.3. The second-order valence-corrected chi connectivity index (χ2v) is 10.1. The molecular weight excluding hydrogens is 440 g/mol. The molecule has 1 aromatic carbocycles. The van der Waals surface area contributed by atoms with Gasteiger partial charge in [-0.2, -0.15) is 5.10 Å². The van der Waals surface area contributed by atoms with Gasteiger partial charge in [-0.3, -0.25) is 19.2 Å². The quantitative estimate of drug-likeness (QED) is 0.676. The third kappa shape index (κ3) is 4.81. The van der Waals surface area contributed by atoms with Crippen LogP contribution in [0, 0.1) is 0 Å². The summed E-state index contributed by atoms with van der Waals surface area (Å²) >= 11 is 0. The van der Waals surface area contributed by atoms with E-state index < -0.39 is 0 Å². The Morgan fingerprint density at radius 1 is 0.943 bits per heavy atom. The van der Waals surface area contributed by atoms with E-state index in [0.717, 1.165) is 63.1 Å². The molecule has 0 bridgehead atoms. The van der Waals surface area contributed by atoms with E-state index in [9.17, 15) is 9.59 Å². The van der Waals surface area contributed by atoms with Crippen LogP contribution in [0.25, 0.3) is 0 Å². The van der Waals surface area contributed by atoms with Crippen LogP contribution in [0.4, 0.5) is 5.69 Å². The molecule has 8 heteroatoms. The smallest absolute Gasteiger partial charge is 0.274 e. The normalized spacial score (nSPS) is 21.5. The van der Waals surface area contributed by atoms with Gasteiger partial charge in [-0.05, 0) is 45.5 Å². The number of fused-ring (bicyclic) bond motifs is 1. The molecule has 0 spiro atoms. The Balaban J connectivity index is 1.31. The van der Waals surface area contributed by atoms with E-state index >= 15 is 0 Å². The Morgan fingerprint density at radius 3 is 2.46 bits per heavy atom. The topological polar surface area (TPSA) is 64.9 Å². The third-order valence-corrected chi connectivity index (χ3v) is 7.94. The molecule has 1 atom stereocenters. The molecule has 35 heavy (non-hydrogen) atoms. The van der Waals surface area contributed by atoms with Crippen molar-refractivity contribution in [2.75, 3.05) is 51.2 Å². The number of aryl methyl sites for hydroxylation is 1. The maximum absolute atomic E-state index is 13.6. The summed E-state index contributed by atoms with van der Waals surface area (Å²) in [6.07, 6.45) is 5.13. The molecule has 4 heterocycles. The summed E-state index contributed by atoms with van der Waals surface area (Å²) < 4.78 is 1.97. The first-order valence-electron chi connectivity index (χ1n) is 13.2. The van der Waals surface area contributed by atoms with Crippen molar-refractivity contribution in [3.05, 3.63) is 47.3 Å². The highest BCUT2D eigenvalue weighted by atomic mass is 16.2. The first kappa shape index (κ1) is 23.9. The zero-order chi connectivity index (χ0) is 24.4. The van der Waals surface area contributed by atoms with Crippen LogP contribution in [0.15, 0.2) is 30.3 Å². The lowest BCUT2D eigenvalue weighted by molar-refractivity contribution is -0.137. The summed E-state index contributed by atoms with van der Waals surface area (Å²) in [5.74, 6) is 0.209. The van der Waals surface area contributed by atoms with E-state index in [1.165, 1.54) is 12.1 Å². The Morgan fingerprint density at radius 2 is 1.71 bits per heavy atom. The number of para-hydroxylation sites is 1. The molecule has 0 saturated carbocycles. The van der Waals surface area contributed by atoms with Gasteiger partial charge in [-0.25, -0.2) is 0 Å². The van der Waals surface area contributed by atoms with Crippen LogP contribution in [0.1, 0.15) is 54.4 Å². The Kier molecular flexibility index (Phi) is 7.09. The number of benzene rings is 1. The van der Waals surface area contributed by atoms with Crippen molar-refractivity contribution in [1.29, 1.82) is 0 Å². The van der Waals surface area contributed by atoms with Crippen LogP contribution < -0.4 is 4.90 Å². The third-order valence-electron chi connectivity index (χ3n) is 7.94. The molecule has 1 unspecified atom stereocenters. The molecule has 5 rings (SSSR count). The molecular formula is C27H38N6O2. The summed E-state index contributed by atoms with van der Waals surface area (Å²) in [6.45, 7) is 7.94. The van der Waals surface area contributed by atoms with Gasteiger partial charge in [0, 0.05) is 69.2 Å². The lowest BCUT2D eigenvalue weighted by atomic mass is 10.0. The van der Waals surface area contributed by atoms with Crippen LogP contribution in [0.5, 0.6) is 0 Å². The fourth-order valence-electron chi connectivity index (χ4n) is 5.84. The van der Waals surface area contributed by atoms with Gasteiger partial charge in [0.1, 0.15) is 0 Å². The van der Waals surface area contributed by atoms with Crippen LogP contribution >= 0.6 is 0 Å². The van der Waals surface area contributed by atoms with Crippen LogP contribution in [-0.2, 0) is 24.3 Å². The van der Waals surface area contributed by atoms with Gasteiger partial charge in [0.25, 0.3) is 5.91 Å². The Labute approximate surface area is 208 Å². The number of carbonyl (C=O) groups is 2. The van der Waals surface area contributed by atoms with Crippen molar-refractivity contribution in [3.63, 3.8) is 0 Å². The average Bonchev–Trinajstić information content (AvgIpc) is 3.14. The van der Waals surface area contributed by atoms with Crippen molar-refractivity contribution in [3.8, 4) is 0 Å².